The second-order valence-electron chi connectivity index (χ2n) is 6.16. The number of benzene rings is 1. The topological polar surface area (TPSA) is 87.5 Å². The molecule has 7 heteroatoms. The number of aromatic nitrogens is 2. The van der Waals surface area contributed by atoms with Crippen LogP contribution in [0.1, 0.15) is 41.1 Å². The van der Waals surface area contributed by atoms with E-state index in [0.29, 0.717) is 25.3 Å². The van der Waals surface area contributed by atoms with E-state index in [9.17, 15) is 14.7 Å². The zero-order valence-corrected chi connectivity index (χ0v) is 14.2. The van der Waals surface area contributed by atoms with Crippen LogP contribution in [-0.2, 0) is 17.9 Å². The fraction of sp³-hybridized carbons (Fsp3) is 0.389. The molecule has 1 aliphatic rings. The highest BCUT2D eigenvalue weighted by molar-refractivity contribution is 5.92. The van der Waals surface area contributed by atoms with Crippen LogP contribution in [0.15, 0.2) is 36.4 Å². The second kappa shape index (κ2) is 7.48. The highest BCUT2D eigenvalue weighted by Gasteiger charge is 2.22. The van der Waals surface area contributed by atoms with Gasteiger partial charge >= 0.3 is 0 Å². The molecule has 132 valence electrons. The molecule has 0 fully saturated rings. The van der Waals surface area contributed by atoms with Crippen molar-refractivity contribution in [3.63, 3.8) is 0 Å². The third kappa shape index (κ3) is 3.88. The Bertz CT molecular complexity index is 757. The first-order valence-corrected chi connectivity index (χ1v) is 8.37. The molecule has 2 heterocycles. The number of amides is 2. The van der Waals surface area contributed by atoms with Crippen molar-refractivity contribution in [2.45, 2.75) is 32.5 Å². The molecule has 2 N–H and O–H groups in total. The van der Waals surface area contributed by atoms with Crippen LogP contribution >= 0.6 is 0 Å². The summed E-state index contributed by atoms with van der Waals surface area (Å²) in [5, 5.41) is 16.8. The molecule has 3 rings (SSSR count). The number of aliphatic hydroxyl groups excluding tert-OH is 1. The van der Waals surface area contributed by atoms with E-state index >= 15 is 0 Å². The molecular weight excluding hydrogens is 320 g/mol. The molecule has 1 atom stereocenters. The molecule has 25 heavy (non-hydrogen) atoms. The van der Waals surface area contributed by atoms with Gasteiger partial charge in [0.15, 0.2) is 5.69 Å². The second-order valence-corrected chi connectivity index (χ2v) is 6.16. The van der Waals surface area contributed by atoms with Gasteiger partial charge < -0.3 is 15.3 Å². The molecular formula is C18H22N4O3. The smallest absolute Gasteiger partial charge is 0.272 e. The first-order valence-electron chi connectivity index (χ1n) is 8.37. The number of aliphatic hydroxyl groups is 1. The van der Waals surface area contributed by atoms with Crippen molar-refractivity contribution in [3.8, 4) is 0 Å². The van der Waals surface area contributed by atoms with E-state index < -0.39 is 6.04 Å². The van der Waals surface area contributed by atoms with Crippen LogP contribution in [0.3, 0.4) is 0 Å². The van der Waals surface area contributed by atoms with Crippen molar-refractivity contribution in [2.24, 2.45) is 0 Å². The summed E-state index contributed by atoms with van der Waals surface area (Å²) in [7, 11) is 0. The lowest BCUT2D eigenvalue weighted by Gasteiger charge is -2.17. The maximum atomic E-state index is 12.5. The van der Waals surface area contributed by atoms with E-state index in [-0.39, 0.29) is 18.4 Å². The molecule has 0 bridgehead atoms. The number of carbonyl (C=O) groups is 2. The Morgan fingerprint density at radius 3 is 2.72 bits per heavy atom. The molecule has 1 aromatic carbocycles. The minimum Gasteiger partial charge on any atom is -0.394 e. The lowest BCUT2D eigenvalue weighted by atomic mass is 10.1. The number of hydrogen-bond donors (Lipinski definition) is 2. The fourth-order valence-corrected chi connectivity index (χ4v) is 2.99. The molecule has 0 saturated heterocycles. The van der Waals surface area contributed by atoms with Gasteiger partial charge in [0.05, 0.1) is 24.9 Å². The summed E-state index contributed by atoms with van der Waals surface area (Å²) in [4.78, 5) is 25.9. The van der Waals surface area contributed by atoms with Gasteiger partial charge in [-0.05, 0) is 18.1 Å². The molecule has 2 aromatic rings. The van der Waals surface area contributed by atoms with Crippen LogP contribution in [0.2, 0.25) is 0 Å². The molecule has 2 amide bonds. The number of nitrogens with zero attached hydrogens (tertiary/aromatic N) is 3. The van der Waals surface area contributed by atoms with Crippen molar-refractivity contribution in [1.82, 2.24) is 20.0 Å². The van der Waals surface area contributed by atoms with Crippen LogP contribution in [0.4, 0.5) is 0 Å². The third-order valence-corrected chi connectivity index (χ3v) is 4.38. The largest absolute Gasteiger partial charge is 0.394 e. The Morgan fingerprint density at radius 2 is 2.04 bits per heavy atom. The van der Waals surface area contributed by atoms with E-state index in [1.54, 1.807) is 22.6 Å². The number of rotatable bonds is 4. The van der Waals surface area contributed by atoms with Gasteiger partial charge in [0.1, 0.15) is 0 Å². The summed E-state index contributed by atoms with van der Waals surface area (Å²) in [5.41, 5.74) is 1.98. The van der Waals surface area contributed by atoms with E-state index in [0.717, 1.165) is 17.7 Å². The first-order chi connectivity index (χ1) is 12.1. The van der Waals surface area contributed by atoms with Crippen LogP contribution in [0, 0.1) is 0 Å². The summed E-state index contributed by atoms with van der Waals surface area (Å²) in [6, 6.07) is 10.5. The standard InChI is InChI=1S/C18H22N4O3/c1-13(24)21-8-5-9-22-15(11-21)10-16(20-22)18(25)19-17(12-23)14-6-3-2-4-7-14/h2-4,6-7,10,17,23H,5,8-9,11-12H2,1H3,(H,19,25)/t17-/m1/s1. The summed E-state index contributed by atoms with van der Waals surface area (Å²) in [5.74, 6) is -0.317. The summed E-state index contributed by atoms with van der Waals surface area (Å²) < 4.78 is 1.79. The number of carbonyl (C=O) groups excluding carboxylic acids is 2. The first kappa shape index (κ1) is 17.2. The number of aryl methyl sites for hydroxylation is 1. The molecule has 0 aliphatic carbocycles. The highest BCUT2D eigenvalue weighted by atomic mass is 16.3. The number of hydrogen-bond acceptors (Lipinski definition) is 4. The van der Waals surface area contributed by atoms with Gasteiger partial charge in [0.25, 0.3) is 5.91 Å². The van der Waals surface area contributed by atoms with Crippen molar-refractivity contribution in [2.75, 3.05) is 13.2 Å². The van der Waals surface area contributed by atoms with E-state index in [4.69, 9.17) is 0 Å². The molecule has 1 aliphatic heterocycles. The van der Waals surface area contributed by atoms with Gasteiger partial charge in [-0.15, -0.1) is 0 Å². The third-order valence-electron chi connectivity index (χ3n) is 4.38. The Morgan fingerprint density at radius 1 is 1.28 bits per heavy atom. The van der Waals surface area contributed by atoms with Crippen molar-refractivity contribution >= 4 is 11.8 Å². The summed E-state index contributed by atoms with van der Waals surface area (Å²) >= 11 is 0. The van der Waals surface area contributed by atoms with Crippen molar-refractivity contribution < 1.29 is 14.7 Å². The maximum absolute atomic E-state index is 12.5. The monoisotopic (exact) mass is 342 g/mol. The lowest BCUT2D eigenvalue weighted by Crippen LogP contribution is -2.31. The molecule has 0 unspecified atom stereocenters. The summed E-state index contributed by atoms with van der Waals surface area (Å²) in [6.45, 7) is 3.18. The lowest BCUT2D eigenvalue weighted by molar-refractivity contribution is -0.129. The molecule has 7 nitrogen and oxygen atoms in total. The Balaban J connectivity index is 1.75. The predicted octanol–water partition coefficient (Wildman–Crippen LogP) is 1.10. The van der Waals surface area contributed by atoms with Gasteiger partial charge in [-0.1, -0.05) is 30.3 Å². The predicted molar refractivity (Wildman–Crippen MR) is 91.7 cm³/mol. The quantitative estimate of drug-likeness (QED) is 0.871. The van der Waals surface area contributed by atoms with Crippen LogP contribution in [0.5, 0.6) is 0 Å². The Hall–Kier alpha value is -2.67. The minimum absolute atomic E-state index is 0.0186. The SMILES string of the molecule is CC(=O)N1CCCn2nc(C(=O)N[C@H](CO)c3ccccc3)cc2C1. The zero-order valence-electron chi connectivity index (χ0n) is 14.2. The average molecular weight is 342 g/mol. The fourth-order valence-electron chi connectivity index (χ4n) is 2.99. The zero-order chi connectivity index (χ0) is 17.8. The van der Waals surface area contributed by atoms with Gasteiger partial charge in [-0.25, -0.2) is 0 Å². The van der Waals surface area contributed by atoms with Gasteiger partial charge in [0.2, 0.25) is 5.91 Å². The highest BCUT2D eigenvalue weighted by Crippen LogP contribution is 2.16. The van der Waals surface area contributed by atoms with Gasteiger partial charge in [0, 0.05) is 20.0 Å². The van der Waals surface area contributed by atoms with E-state index in [1.807, 2.05) is 30.3 Å². The van der Waals surface area contributed by atoms with E-state index in [2.05, 4.69) is 10.4 Å². The molecule has 0 spiro atoms. The Labute approximate surface area is 146 Å². The Kier molecular flexibility index (Phi) is 5.14. The maximum Gasteiger partial charge on any atom is 0.272 e. The van der Waals surface area contributed by atoms with Crippen LogP contribution < -0.4 is 5.32 Å². The van der Waals surface area contributed by atoms with Crippen LogP contribution in [-0.4, -0.2) is 44.8 Å². The van der Waals surface area contributed by atoms with Crippen LogP contribution in [0.25, 0.3) is 0 Å². The summed E-state index contributed by atoms with van der Waals surface area (Å²) in [6.07, 6.45) is 0.804. The molecule has 1 aromatic heterocycles. The van der Waals surface area contributed by atoms with Crippen molar-refractivity contribution in [3.05, 3.63) is 53.3 Å². The normalized spacial score (nSPS) is 15.2. The van der Waals surface area contributed by atoms with Crippen molar-refractivity contribution in [1.29, 1.82) is 0 Å². The minimum atomic E-state index is -0.482. The van der Waals surface area contributed by atoms with Gasteiger partial charge in [-0.3, -0.25) is 14.3 Å². The molecule has 0 radical (unpaired) electrons. The molecule has 0 saturated carbocycles. The average Bonchev–Trinajstić information content (AvgIpc) is 2.91. The van der Waals surface area contributed by atoms with E-state index in [1.165, 1.54) is 0 Å². The number of nitrogens with one attached hydrogen (secondary N) is 1. The number of fused-ring (bicyclic) bond motifs is 1. The van der Waals surface area contributed by atoms with Gasteiger partial charge in [-0.2, -0.15) is 5.10 Å².